The van der Waals surface area contributed by atoms with Crippen LogP contribution in [0, 0.1) is 5.92 Å². The number of methoxy groups -OCH3 is 1. The predicted octanol–water partition coefficient (Wildman–Crippen LogP) is 1.09. The summed E-state index contributed by atoms with van der Waals surface area (Å²) in [5, 5.41) is 3.00. The molecule has 1 amide bonds. The molecule has 1 aromatic carbocycles. The first-order chi connectivity index (χ1) is 8.61. The van der Waals surface area contributed by atoms with E-state index in [2.05, 4.69) is 5.32 Å². The highest BCUT2D eigenvalue weighted by Crippen LogP contribution is 2.28. The average Bonchev–Trinajstić information content (AvgIpc) is 3.07. The van der Waals surface area contributed by atoms with E-state index in [0.29, 0.717) is 0 Å². The summed E-state index contributed by atoms with van der Waals surface area (Å²) in [5.41, 5.74) is 6.77. The summed E-state index contributed by atoms with van der Waals surface area (Å²) in [4.78, 5) is 11.7. The van der Waals surface area contributed by atoms with Crippen LogP contribution in [0.15, 0.2) is 24.3 Å². The number of para-hydroxylation sites is 1. The van der Waals surface area contributed by atoms with Crippen molar-refractivity contribution < 1.29 is 9.53 Å². The van der Waals surface area contributed by atoms with Gasteiger partial charge < -0.3 is 15.8 Å². The van der Waals surface area contributed by atoms with Crippen LogP contribution in [0.1, 0.15) is 18.9 Å². The maximum Gasteiger partial charge on any atom is 0.224 e. The maximum absolute atomic E-state index is 11.7. The molecule has 0 heterocycles. The molecular formula is C14H20N2O2. The van der Waals surface area contributed by atoms with E-state index >= 15 is 0 Å². The van der Waals surface area contributed by atoms with Crippen molar-refractivity contribution in [2.45, 2.75) is 31.8 Å². The van der Waals surface area contributed by atoms with Crippen molar-refractivity contribution in [2.24, 2.45) is 11.7 Å². The number of hydrogen-bond acceptors (Lipinski definition) is 3. The van der Waals surface area contributed by atoms with Crippen LogP contribution in [-0.2, 0) is 11.2 Å². The third-order valence-electron chi connectivity index (χ3n) is 3.28. The van der Waals surface area contributed by atoms with Crippen LogP contribution in [0.5, 0.6) is 5.75 Å². The molecule has 2 rings (SSSR count). The molecule has 3 unspecified atom stereocenters. The molecule has 98 valence electrons. The van der Waals surface area contributed by atoms with E-state index in [1.165, 1.54) is 0 Å². The van der Waals surface area contributed by atoms with Crippen LogP contribution < -0.4 is 15.8 Å². The third kappa shape index (κ3) is 3.01. The number of nitrogens with two attached hydrogens (primary N) is 1. The summed E-state index contributed by atoms with van der Waals surface area (Å²) in [6.07, 6.45) is 1.57. The molecule has 0 aromatic heterocycles. The topological polar surface area (TPSA) is 64.3 Å². The average molecular weight is 248 g/mol. The van der Waals surface area contributed by atoms with E-state index in [-0.39, 0.29) is 23.9 Å². The Morgan fingerprint density at radius 1 is 1.56 bits per heavy atom. The fourth-order valence-corrected chi connectivity index (χ4v) is 2.12. The quantitative estimate of drug-likeness (QED) is 0.820. The Kier molecular flexibility index (Phi) is 3.87. The fraction of sp³-hybridized carbons (Fsp3) is 0.500. The second-order valence-corrected chi connectivity index (χ2v) is 4.93. The van der Waals surface area contributed by atoms with Crippen molar-refractivity contribution in [3.63, 3.8) is 0 Å². The number of carbonyl (C=O) groups is 1. The Morgan fingerprint density at radius 2 is 2.22 bits per heavy atom. The highest BCUT2D eigenvalue weighted by molar-refractivity contribution is 5.82. The van der Waals surface area contributed by atoms with Crippen LogP contribution in [-0.4, -0.2) is 25.1 Å². The van der Waals surface area contributed by atoms with Gasteiger partial charge in [0, 0.05) is 12.1 Å². The number of ether oxygens (including phenoxy) is 1. The van der Waals surface area contributed by atoms with Gasteiger partial charge in [0.05, 0.1) is 13.0 Å². The SMILES string of the molecule is COc1ccccc1CC(C)NC(=O)C1CC1N. The van der Waals surface area contributed by atoms with Gasteiger partial charge in [-0.05, 0) is 31.4 Å². The van der Waals surface area contributed by atoms with Crippen molar-refractivity contribution in [3.8, 4) is 5.75 Å². The van der Waals surface area contributed by atoms with Crippen molar-refractivity contribution >= 4 is 5.91 Å². The Bertz CT molecular complexity index is 434. The van der Waals surface area contributed by atoms with Crippen LogP contribution in [0.2, 0.25) is 0 Å². The molecule has 1 fully saturated rings. The number of benzene rings is 1. The standard InChI is InChI=1S/C14H20N2O2/c1-9(16-14(17)11-8-12(11)15)7-10-5-3-4-6-13(10)18-2/h3-6,9,11-12H,7-8,15H2,1-2H3,(H,16,17). The lowest BCUT2D eigenvalue weighted by Crippen LogP contribution is -2.36. The smallest absolute Gasteiger partial charge is 0.224 e. The lowest BCUT2D eigenvalue weighted by Gasteiger charge is -2.15. The molecule has 1 aliphatic rings. The molecule has 0 spiro atoms. The summed E-state index contributed by atoms with van der Waals surface area (Å²) in [6, 6.07) is 8.01. The highest BCUT2D eigenvalue weighted by atomic mass is 16.5. The minimum absolute atomic E-state index is 0.0186. The summed E-state index contributed by atoms with van der Waals surface area (Å²) >= 11 is 0. The molecule has 4 heteroatoms. The largest absolute Gasteiger partial charge is 0.496 e. The van der Waals surface area contributed by atoms with Crippen LogP contribution in [0.3, 0.4) is 0 Å². The molecule has 0 aliphatic heterocycles. The van der Waals surface area contributed by atoms with Gasteiger partial charge in [0.25, 0.3) is 0 Å². The zero-order valence-corrected chi connectivity index (χ0v) is 10.8. The molecule has 1 aromatic rings. The van der Waals surface area contributed by atoms with Gasteiger partial charge >= 0.3 is 0 Å². The lowest BCUT2D eigenvalue weighted by atomic mass is 10.1. The van der Waals surface area contributed by atoms with Gasteiger partial charge in [-0.1, -0.05) is 18.2 Å². The third-order valence-corrected chi connectivity index (χ3v) is 3.28. The van der Waals surface area contributed by atoms with Gasteiger partial charge in [0.1, 0.15) is 5.75 Å². The molecular weight excluding hydrogens is 228 g/mol. The number of rotatable bonds is 5. The number of carbonyl (C=O) groups excluding carboxylic acids is 1. The van der Waals surface area contributed by atoms with Crippen molar-refractivity contribution in [2.75, 3.05) is 7.11 Å². The second-order valence-electron chi connectivity index (χ2n) is 4.93. The van der Waals surface area contributed by atoms with Crippen LogP contribution in [0.25, 0.3) is 0 Å². The minimum Gasteiger partial charge on any atom is -0.496 e. The zero-order chi connectivity index (χ0) is 13.1. The van der Waals surface area contributed by atoms with Gasteiger partial charge in [-0.15, -0.1) is 0 Å². The predicted molar refractivity (Wildman–Crippen MR) is 70.4 cm³/mol. The number of hydrogen-bond donors (Lipinski definition) is 2. The lowest BCUT2D eigenvalue weighted by molar-refractivity contribution is -0.122. The maximum atomic E-state index is 11.7. The molecule has 1 saturated carbocycles. The van der Waals surface area contributed by atoms with Crippen molar-refractivity contribution in [1.29, 1.82) is 0 Å². The van der Waals surface area contributed by atoms with E-state index in [1.807, 2.05) is 31.2 Å². The second kappa shape index (κ2) is 5.40. The van der Waals surface area contributed by atoms with Gasteiger partial charge in [0.2, 0.25) is 5.91 Å². The minimum atomic E-state index is 0.0186. The molecule has 0 bridgehead atoms. The van der Waals surface area contributed by atoms with Crippen molar-refractivity contribution in [3.05, 3.63) is 29.8 Å². The van der Waals surface area contributed by atoms with Gasteiger partial charge in [-0.2, -0.15) is 0 Å². The van der Waals surface area contributed by atoms with E-state index in [1.54, 1.807) is 7.11 Å². The summed E-state index contributed by atoms with van der Waals surface area (Å²) in [5.74, 6) is 0.955. The summed E-state index contributed by atoms with van der Waals surface area (Å²) < 4.78 is 5.30. The Labute approximate surface area is 108 Å². The molecule has 1 aliphatic carbocycles. The number of nitrogens with one attached hydrogen (secondary N) is 1. The van der Waals surface area contributed by atoms with Crippen LogP contribution in [0.4, 0.5) is 0 Å². The monoisotopic (exact) mass is 248 g/mol. The van der Waals surface area contributed by atoms with Gasteiger partial charge in [-0.25, -0.2) is 0 Å². The fourth-order valence-electron chi connectivity index (χ4n) is 2.12. The molecule has 0 radical (unpaired) electrons. The van der Waals surface area contributed by atoms with Crippen molar-refractivity contribution in [1.82, 2.24) is 5.32 Å². The first-order valence-corrected chi connectivity index (χ1v) is 6.29. The van der Waals surface area contributed by atoms with Crippen LogP contribution >= 0.6 is 0 Å². The van der Waals surface area contributed by atoms with E-state index in [0.717, 1.165) is 24.2 Å². The molecule has 18 heavy (non-hydrogen) atoms. The van der Waals surface area contributed by atoms with E-state index in [4.69, 9.17) is 10.5 Å². The van der Waals surface area contributed by atoms with E-state index < -0.39 is 0 Å². The number of amides is 1. The van der Waals surface area contributed by atoms with E-state index in [9.17, 15) is 4.79 Å². The Balaban J connectivity index is 1.90. The molecule has 4 nitrogen and oxygen atoms in total. The Morgan fingerprint density at radius 3 is 2.83 bits per heavy atom. The normalized spacial score (nSPS) is 23.3. The molecule has 3 atom stereocenters. The first-order valence-electron chi connectivity index (χ1n) is 6.29. The highest BCUT2D eigenvalue weighted by Gasteiger charge is 2.40. The Hall–Kier alpha value is -1.55. The van der Waals surface area contributed by atoms with Gasteiger partial charge in [-0.3, -0.25) is 4.79 Å². The summed E-state index contributed by atoms with van der Waals surface area (Å²) in [7, 11) is 1.66. The molecule has 0 saturated heterocycles. The summed E-state index contributed by atoms with van der Waals surface area (Å²) in [6.45, 7) is 2.00. The molecule has 3 N–H and O–H groups in total. The first kappa shape index (κ1) is 12.9. The van der Waals surface area contributed by atoms with Gasteiger partial charge in [0.15, 0.2) is 0 Å². The zero-order valence-electron chi connectivity index (χ0n) is 10.8.